The fourth-order valence-electron chi connectivity index (χ4n) is 2.03. The van der Waals surface area contributed by atoms with Crippen LogP contribution < -0.4 is 10.6 Å². The highest BCUT2D eigenvalue weighted by Gasteiger charge is 2.30. The molecule has 6 nitrogen and oxygen atoms in total. The van der Waals surface area contributed by atoms with E-state index in [4.69, 9.17) is 0 Å². The van der Waals surface area contributed by atoms with E-state index < -0.39 is 29.1 Å². The topological polar surface area (TPSA) is 82.7 Å². The molecule has 0 aliphatic carbocycles. The molecule has 3 N–H and O–H groups in total. The largest absolute Gasteiger partial charge is 0.447 e. The highest BCUT2D eigenvalue weighted by atomic mass is 32.2. The van der Waals surface area contributed by atoms with Crippen LogP contribution in [0.3, 0.4) is 0 Å². The van der Waals surface area contributed by atoms with Crippen LogP contribution in [-0.4, -0.2) is 26.7 Å². The lowest BCUT2D eigenvalue weighted by atomic mass is 10.2. The molecule has 0 atom stereocenters. The minimum absolute atomic E-state index is 0.0324. The number of carbonyl (C=O) groups is 1. The Labute approximate surface area is 142 Å². The molecule has 2 heterocycles. The van der Waals surface area contributed by atoms with Gasteiger partial charge in [-0.3, -0.25) is 5.32 Å². The Hall–Kier alpha value is -2.82. The summed E-state index contributed by atoms with van der Waals surface area (Å²) in [6, 6.07) is 5.63. The summed E-state index contributed by atoms with van der Waals surface area (Å²) >= 11 is -0.407. The molecule has 1 aromatic carbocycles. The second kappa shape index (κ2) is 6.59. The molecule has 0 spiro atoms. The van der Waals surface area contributed by atoms with E-state index in [1.807, 2.05) is 0 Å². The van der Waals surface area contributed by atoms with Gasteiger partial charge < -0.3 is 10.3 Å². The molecular weight excluding hydrogens is 362 g/mol. The van der Waals surface area contributed by atoms with E-state index in [2.05, 4.69) is 25.8 Å². The van der Waals surface area contributed by atoms with Crippen molar-refractivity contribution in [1.82, 2.24) is 15.2 Å². The number of hydrogen-bond donors (Lipinski definition) is 3. The maximum Gasteiger partial charge on any atom is 0.447 e. The smallest absolute Gasteiger partial charge is 0.359 e. The lowest BCUT2D eigenvalue weighted by Gasteiger charge is -2.07. The number of halogens is 4. The fourth-order valence-corrected chi connectivity index (χ4v) is 2.48. The monoisotopic (exact) mass is 371 g/mol. The van der Waals surface area contributed by atoms with Gasteiger partial charge in [0.2, 0.25) is 0 Å². The number of carbonyl (C=O) groups excluding carboxylic acids is 1. The van der Waals surface area contributed by atoms with Crippen molar-refractivity contribution in [2.75, 3.05) is 10.6 Å². The summed E-state index contributed by atoms with van der Waals surface area (Å²) in [5.74, 6) is -0.491. The van der Waals surface area contributed by atoms with Crippen LogP contribution in [0.2, 0.25) is 0 Å². The lowest BCUT2D eigenvalue weighted by molar-refractivity contribution is -0.0329. The van der Waals surface area contributed by atoms with Gasteiger partial charge >= 0.3 is 11.5 Å². The quantitative estimate of drug-likeness (QED) is 0.472. The fraction of sp³-hybridized carbons (Fsp3) is 0.0714. The molecule has 0 bridgehead atoms. The first-order valence-electron chi connectivity index (χ1n) is 6.74. The van der Waals surface area contributed by atoms with Crippen molar-refractivity contribution in [1.29, 1.82) is 0 Å². The van der Waals surface area contributed by atoms with E-state index in [0.29, 0.717) is 16.6 Å². The summed E-state index contributed by atoms with van der Waals surface area (Å²) in [5.41, 5.74) is -3.50. The van der Waals surface area contributed by atoms with Crippen molar-refractivity contribution < 1.29 is 22.4 Å². The normalized spacial score (nSPS) is 11.5. The third-order valence-corrected chi connectivity index (χ3v) is 3.65. The van der Waals surface area contributed by atoms with Crippen LogP contribution in [-0.2, 0) is 0 Å². The van der Waals surface area contributed by atoms with Crippen LogP contribution in [0.15, 0.2) is 41.6 Å². The van der Waals surface area contributed by atoms with Crippen molar-refractivity contribution >= 4 is 40.2 Å². The van der Waals surface area contributed by atoms with Gasteiger partial charge in [0, 0.05) is 28.9 Å². The van der Waals surface area contributed by atoms with Gasteiger partial charge in [0.05, 0.1) is 5.69 Å². The number of urea groups is 1. The average Bonchev–Trinajstić information content (AvgIpc) is 2.90. The molecule has 0 aliphatic rings. The molecule has 3 aromatic rings. The summed E-state index contributed by atoms with van der Waals surface area (Å²) in [6.07, 6.45) is 1.48. The molecule has 11 heteroatoms. The van der Waals surface area contributed by atoms with Crippen LogP contribution in [0.4, 0.5) is 33.9 Å². The summed E-state index contributed by atoms with van der Waals surface area (Å²) in [5, 5.41) is 11.8. The molecule has 0 saturated carbocycles. The number of aromatic nitrogens is 3. The number of H-pyrrole nitrogens is 1. The summed E-state index contributed by atoms with van der Waals surface area (Å²) in [7, 11) is 0. The number of hydrogen-bond acceptors (Lipinski definition) is 4. The Morgan fingerprint density at radius 2 is 1.92 bits per heavy atom. The number of amides is 2. The summed E-state index contributed by atoms with van der Waals surface area (Å²) < 4.78 is 49.9. The summed E-state index contributed by atoms with van der Waals surface area (Å²) in [6.45, 7) is 0. The zero-order chi connectivity index (χ0) is 18.0. The van der Waals surface area contributed by atoms with Gasteiger partial charge in [0.1, 0.15) is 10.8 Å². The minimum atomic E-state index is -4.47. The molecular formula is C14H9F4N5OS. The van der Waals surface area contributed by atoms with E-state index in [1.54, 1.807) is 0 Å². The predicted octanol–water partition coefficient (Wildman–Crippen LogP) is 4.35. The number of rotatable bonds is 3. The van der Waals surface area contributed by atoms with E-state index in [9.17, 15) is 22.4 Å². The summed E-state index contributed by atoms with van der Waals surface area (Å²) in [4.78, 5) is 14.8. The molecule has 0 unspecified atom stereocenters. The Bertz CT molecular complexity index is 910. The second-order valence-corrected chi connectivity index (χ2v) is 5.86. The minimum Gasteiger partial charge on any atom is -0.359 e. The van der Waals surface area contributed by atoms with Crippen molar-refractivity contribution in [2.24, 2.45) is 0 Å². The molecule has 0 aliphatic heterocycles. The first kappa shape index (κ1) is 17.0. The van der Waals surface area contributed by atoms with Crippen molar-refractivity contribution in [3.05, 3.63) is 42.3 Å². The van der Waals surface area contributed by atoms with Gasteiger partial charge in [-0.15, -0.1) is 10.2 Å². The maximum absolute atomic E-state index is 13.3. The molecule has 3 rings (SSSR count). The number of nitrogens with zero attached hydrogens (tertiary/aromatic N) is 2. The standard InChI is InChI=1S/C14H9F4N5OS/c15-7-1-2-9-8(5-7)10(6-19-9)20-13(24)21-11-3-4-12(23-22-11)25-14(16,17)18/h1-6,19H,(H2,20,21,22,24). The number of alkyl halides is 3. The second-order valence-electron chi connectivity index (χ2n) is 4.78. The molecule has 2 aromatic heterocycles. The first-order chi connectivity index (χ1) is 11.8. The number of aromatic amines is 1. The van der Waals surface area contributed by atoms with Gasteiger partial charge in [0.25, 0.3) is 0 Å². The van der Waals surface area contributed by atoms with Crippen LogP contribution in [0, 0.1) is 5.82 Å². The zero-order valence-electron chi connectivity index (χ0n) is 12.2. The van der Waals surface area contributed by atoms with Gasteiger partial charge in [-0.25, -0.2) is 9.18 Å². The van der Waals surface area contributed by atoms with Crippen LogP contribution in [0.25, 0.3) is 10.9 Å². The highest BCUT2D eigenvalue weighted by molar-refractivity contribution is 8.00. The van der Waals surface area contributed by atoms with Crippen molar-refractivity contribution in [3.63, 3.8) is 0 Å². The molecule has 0 fully saturated rings. The van der Waals surface area contributed by atoms with E-state index >= 15 is 0 Å². The number of nitrogens with one attached hydrogen (secondary N) is 3. The Morgan fingerprint density at radius 3 is 2.60 bits per heavy atom. The highest BCUT2D eigenvalue weighted by Crippen LogP contribution is 2.35. The number of fused-ring (bicyclic) bond motifs is 1. The number of benzene rings is 1. The predicted molar refractivity (Wildman–Crippen MR) is 84.8 cm³/mol. The third kappa shape index (κ3) is 4.38. The number of thioether (sulfide) groups is 1. The molecule has 25 heavy (non-hydrogen) atoms. The van der Waals surface area contributed by atoms with E-state index in [0.717, 1.165) is 6.07 Å². The first-order valence-corrected chi connectivity index (χ1v) is 7.56. The molecule has 0 saturated heterocycles. The Kier molecular flexibility index (Phi) is 4.49. The maximum atomic E-state index is 13.3. The molecule has 2 amide bonds. The lowest BCUT2D eigenvalue weighted by Crippen LogP contribution is -2.20. The van der Waals surface area contributed by atoms with Crippen LogP contribution in [0.1, 0.15) is 0 Å². The van der Waals surface area contributed by atoms with E-state index in [1.165, 1.54) is 30.5 Å². The zero-order valence-corrected chi connectivity index (χ0v) is 13.0. The number of anilines is 2. The third-order valence-electron chi connectivity index (χ3n) is 2.99. The Morgan fingerprint density at radius 1 is 1.12 bits per heavy atom. The van der Waals surface area contributed by atoms with Gasteiger partial charge in [0.15, 0.2) is 5.82 Å². The van der Waals surface area contributed by atoms with Gasteiger partial charge in [-0.1, -0.05) is 0 Å². The van der Waals surface area contributed by atoms with Crippen LogP contribution in [0.5, 0.6) is 0 Å². The van der Waals surface area contributed by atoms with Crippen molar-refractivity contribution in [3.8, 4) is 0 Å². The molecule has 0 radical (unpaired) electrons. The van der Waals surface area contributed by atoms with E-state index in [-0.39, 0.29) is 10.8 Å². The Balaban J connectivity index is 1.67. The van der Waals surface area contributed by atoms with Gasteiger partial charge in [-0.2, -0.15) is 13.2 Å². The average molecular weight is 371 g/mol. The van der Waals surface area contributed by atoms with Crippen LogP contribution >= 0.6 is 11.8 Å². The SMILES string of the molecule is O=C(Nc1ccc(SC(F)(F)F)nn1)Nc1c[nH]c2ccc(F)cc12. The van der Waals surface area contributed by atoms with Gasteiger partial charge in [-0.05, 0) is 30.3 Å². The van der Waals surface area contributed by atoms with Crippen molar-refractivity contribution in [2.45, 2.75) is 10.5 Å². The molecule has 130 valence electrons.